The number of hydrogen-bond donors (Lipinski definition) is 0. The van der Waals surface area contributed by atoms with Crippen LogP contribution in [-0.4, -0.2) is 8.07 Å². The van der Waals surface area contributed by atoms with Crippen LogP contribution in [0.4, 0.5) is 0 Å². The molecule has 3 aliphatic rings. The summed E-state index contributed by atoms with van der Waals surface area (Å²) in [6.45, 7) is 24.2. The van der Waals surface area contributed by atoms with Crippen molar-refractivity contribution in [3.63, 3.8) is 0 Å². The number of aryl methyl sites for hydroxylation is 1. The molecule has 0 saturated heterocycles. The van der Waals surface area contributed by atoms with Crippen LogP contribution >= 0.6 is 17.0 Å². The molecule has 3 aliphatic carbocycles. The summed E-state index contributed by atoms with van der Waals surface area (Å²) in [5.41, 5.74) is 20.2. The van der Waals surface area contributed by atoms with Gasteiger partial charge in [0, 0.05) is 5.54 Å². The number of rotatable bonds is 3. The quantitative estimate of drug-likeness (QED) is 0.292. The zero-order valence-electron chi connectivity index (χ0n) is 25.0. The predicted molar refractivity (Wildman–Crippen MR) is 169 cm³/mol. The first-order valence-corrected chi connectivity index (χ1v) is 23.5. The Kier molecular flexibility index (Phi) is 9.02. The summed E-state index contributed by atoms with van der Waals surface area (Å²) in [6.07, 6.45) is 6.34. The van der Waals surface area contributed by atoms with Gasteiger partial charge in [-0.25, -0.2) is 0 Å². The zero-order chi connectivity index (χ0) is 28.2. The number of fused-ring (bicyclic) bond motifs is 2. The van der Waals surface area contributed by atoms with Gasteiger partial charge in [0.25, 0.3) is 0 Å². The Balaban J connectivity index is 0.00000107. The van der Waals surface area contributed by atoms with Crippen LogP contribution in [0.2, 0.25) is 18.6 Å². The van der Waals surface area contributed by atoms with E-state index in [0.717, 1.165) is 0 Å². The van der Waals surface area contributed by atoms with Gasteiger partial charge in [-0.3, -0.25) is 0 Å². The van der Waals surface area contributed by atoms with Gasteiger partial charge in [0.05, 0.1) is 8.07 Å². The van der Waals surface area contributed by atoms with Crippen LogP contribution in [0.5, 0.6) is 0 Å². The molecule has 202 valence electrons. The van der Waals surface area contributed by atoms with Gasteiger partial charge in [-0.1, -0.05) is 87.0 Å². The van der Waals surface area contributed by atoms with Gasteiger partial charge < -0.3 is 0 Å². The van der Waals surface area contributed by atoms with Gasteiger partial charge >= 0.3 is 37.9 Å². The Morgan fingerprint density at radius 2 is 1.39 bits per heavy atom. The SMILES string of the molecule is CC1=Cc2c(cc3c(c2-c2ccc(C(C)(C)C)cc2)CCC3)C1[Si](C)(C)C1C(C)=C(C)C(C)=C1C.[Cl][Zr][Cl]. The molecule has 2 aromatic carbocycles. The van der Waals surface area contributed by atoms with E-state index in [2.05, 4.69) is 105 Å². The van der Waals surface area contributed by atoms with Crippen molar-refractivity contribution in [3.8, 4) is 11.1 Å². The van der Waals surface area contributed by atoms with Gasteiger partial charge in [-0.05, 0) is 115 Å². The molecule has 0 N–H and O–H groups in total. The van der Waals surface area contributed by atoms with E-state index in [1.807, 2.05) is 0 Å². The molecule has 0 aliphatic heterocycles. The monoisotopic (exact) mass is 640 g/mol. The minimum absolute atomic E-state index is 0.185. The van der Waals surface area contributed by atoms with Crippen molar-refractivity contribution in [3.05, 3.63) is 86.0 Å². The fourth-order valence-corrected chi connectivity index (χ4v) is 13.1. The molecule has 0 radical (unpaired) electrons. The van der Waals surface area contributed by atoms with Crippen LogP contribution in [0.25, 0.3) is 17.2 Å². The molecule has 0 bridgehead atoms. The van der Waals surface area contributed by atoms with Gasteiger partial charge in [0.2, 0.25) is 0 Å². The molecule has 0 saturated carbocycles. The Morgan fingerprint density at radius 1 is 0.842 bits per heavy atom. The van der Waals surface area contributed by atoms with Gasteiger partial charge in [-0.15, -0.1) is 0 Å². The molecule has 38 heavy (non-hydrogen) atoms. The topological polar surface area (TPSA) is 0 Å². The Labute approximate surface area is 251 Å². The van der Waals surface area contributed by atoms with E-state index < -0.39 is 28.9 Å². The number of benzene rings is 2. The molecule has 5 rings (SSSR count). The molecule has 1 unspecified atom stereocenters. The average molecular weight is 643 g/mol. The first kappa shape index (κ1) is 30.3. The van der Waals surface area contributed by atoms with Crippen LogP contribution in [0, 0.1) is 0 Å². The van der Waals surface area contributed by atoms with Crippen LogP contribution in [0.15, 0.2) is 58.2 Å². The predicted octanol–water partition coefficient (Wildman–Crippen LogP) is 11.3. The fourth-order valence-electron chi connectivity index (χ4n) is 7.82. The van der Waals surface area contributed by atoms with Gasteiger partial charge in [-0.2, -0.15) is 0 Å². The number of allylic oxidation sites excluding steroid dienone is 5. The van der Waals surface area contributed by atoms with Gasteiger partial charge in [0.15, 0.2) is 0 Å². The van der Waals surface area contributed by atoms with E-state index in [1.54, 1.807) is 50.1 Å². The van der Waals surface area contributed by atoms with Crippen LogP contribution < -0.4 is 0 Å². The minimum atomic E-state index is -1.74. The standard InChI is InChI=1S/C34H44Si.2ClH.Zr/c1-20-18-29-30(32(20)35(9,10)33-23(4)21(2)22(3)24(33)5)19-26-12-11-13-28(26)31(29)25-14-16-27(17-15-25)34(6,7)8;;;/h14-19,32-33H,11-13H2,1-10H3;2*1H;/q;;;+2/p-2. The number of halogens is 2. The maximum absolute atomic E-state index is 4.93. The van der Waals surface area contributed by atoms with Crippen LogP contribution in [0.1, 0.15) is 95.2 Å². The summed E-state index contributed by atoms with van der Waals surface area (Å²) < 4.78 is 0. The average Bonchev–Trinajstić information content (AvgIpc) is 3.49. The second kappa shape index (κ2) is 11.3. The summed E-state index contributed by atoms with van der Waals surface area (Å²) in [7, 11) is 8.13. The second-order valence-electron chi connectivity index (χ2n) is 13.3. The molecule has 0 fully saturated rings. The summed E-state index contributed by atoms with van der Waals surface area (Å²) in [5.74, 6) is 0. The molecular weight excluding hydrogens is 599 g/mol. The third-order valence-electron chi connectivity index (χ3n) is 9.75. The second-order valence-corrected chi connectivity index (χ2v) is 21.9. The summed E-state index contributed by atoms with van der Waals surface area (Å²) >= 11 is -0.826. The zero-order valence-corrected chi connectivity index (χ0v) is 30.0. The molecule has 0 heterocycles. The van der Waals surface area contributed by atoms with Crippen molar-refractivity contribution in [1.29, 1.82) is 0 Å². The maximum atomic E-state index is 4.93. The van der Waals surface area contributed by atoms with Gasteiger partial charge in [0.1, 0.15) is 0 Å². The van der Waals surface area contributed by atoms with Crippen molar-refractivity contribution in [2.45, 2.75) is 104 Å². The van der Waals surface area contributed by atoms with Crippen molar-refractivity contribution in [2.24, 2.45) is 0 Å². The van der Waals surface area contributed by atoms with E-state index in [1.165, 1.54) is 36.0 Å². The first-order valence-electron chi connectivity index (χ1n) is 14.0. The summed E-state index contributed by atoms with van der Waals surface area (Å²) in [6, 6.07) is 12.2. The first-order chi connectivity index (χ1) is 17.7. The van der Waals surface area contributed by atoms with E-state index in [-0.39, 0.29) is 5.41 Å². The Bertz CT molecular complexity index is 1310. The summed E-state index contributed by atoms with van der Waals surface area (Å²) in [4.78, 5) is 0. The number of hydrogen-bond acceptors (Lipinski definition) is 0. The van der Waals surface area contributed by atoms with E-state index in [4.69, 9.17) is 17.0 Å². The molecule has 4 heteroatoms. The molecule has 0 nitrogen and oxygen atoms in total. The van der Waals surface area contributed by atoms with Crippen molar-refractivity contribution in [1.82, 2.24) is 0 Å². The van der Waals surface area contributed by atoms with Crippen LogP contribution in [-0.2, 0) is 39.1 Å². The van der Waals surface area contributed by atoms with Crippen molar-refractivity contribution < 1.29 is 20.8 Å². The summed E-state index contributed by atoms with van der Waals surface area (Å²) in [5, 5.41) is 0. The molecule has 0 aromatic heterocycles. The van der Waals surface area contributed by atoms with Crippen LogP contribution in [0.3, 0.4) is 0 Å². The normalized spacial score (nSPS) is 19.4. The molecular formula is C34H44Cl2SiZr. The van der Waals surface area contributed by atoms with Crippen molar-refractivity contribution in [2.75, 3.05) is 0 Å². The third kappa shape index (κ3) is 5.22. The fraction of sp³-hybridized carbons (Fsp3) is 0.471. The Morgan fingerprint density at radius 3 is 1.92 bits per heavy atom. The molecule has 0 spiro atoms. The molecule has 1 atom stereocenters. The Hall–Kier alpha value is -0.660. The van der Waals surface area contributed by atoms with E-state index >= 15 is 0 Å². The molecule has 0 amide bonds. The van der Waals surface area contributed by atoms with E-state index in [9.17, 15) is 0 Å². The van der Waals surface area contributed by atoms with Crippen molar-refractivity contribution >= 4 is 31.2 Å². The van der Waals surface area contributed by atoms with E-state index in [0.29, 0.717) is 11.1 Å². The molecule has 2 aromatic rings. The third-order valence-corrected chi connectivity index (χ3v) is 14.4.